The summed E-state index contributed by atoms with van der Waals surface area (Å²) in [5.41, 5.74) is 0. The quantitative estimate of drug-likeness (QED) is 0.0524. The van der Waals surface area contributed by atoms with Gasteiger partial charge in [0.2, 0.25) is 17.4 Å². The first-order chi connectivity index (χ1) is 44.6. The van der Waals surface area contributed by atoms with Gasteiger partial charge in [-0.1, -0.05) is 0 Å². The summed E-state index contributed by atoms with van der Waals surface area (Å²) in [4.78, 5) is 0. The summed E-state index contributed by atoms with van der Waals surface area (Å²) in [7, 11) is -34.0. The van der Waals surface area contributed by atoms with Gasteiger partial charge in [-0.3, -0.25) is 0 Å². The Balaban J connectivity index is 2.36. The molecule has 101 heavy (non-hydrogen) atoms. The van der Waals surface area contributed by atoms with E-state index in [1.807, 2.05) is 0 Å². The Morgan fingerprint density at radius 3 is 0.733 bits per heavy atom. The van der Waals surface area contributed by atoms with Gasteiger partial charge >= 0.3 is 0 Å². The smallest absolute Gasteiger partial charge is 0.223 e. The third-order valence-corrected chi connectivity index (χ3v) is 29.0. The molecule has 0 aliphatic carbocycles. The molecular formula is C66H154O21Si14. The number of rotatable bonds is 41. The van der Waals surface area contributed by atoms with E-state index in [4.69, 9.17) is 95.1 Å². The van der Waals surface area contributed by atoms with Crippen LogP contribution in [0.15, 0.2) is 0 Å². The second kappa shape index (κ2) is 34.5. The lowest BCUT2D eigenvalue weighted by Crippen LogP contribution is -2.69. The minimum Gasteiger partial charge on any atom is -0.415 e. The van der Waals surface area contributed by atoms with E-state index < -0.39 is 219 Å². The SMILES string of the molecule is C[Si](C)(C)OC[C@@H]1O[C@H](O[C@]2(CO[C@]3(CO[C@]4(CO[Si](C)(C)C)O[C@H](CO[Si](C)(C)C)[C@@H](O[Si](C)(C)C)[C@@H]4O[Si](C)(C)C)O[C@H](CO[Si](C)(C)C)[C@@H](O[Si](C)(C)C)[C@@H]3O[Si](C)(C)C)O[C@H](CO[Si](C)(C)C)[C@H](O[Si](C)(C)C)[C@@H]2O[Si](C)(C)C)C(O[Si](C)(C)C)[C@@H](O[Si](C)(C)C)[C@@H]1O[Si](C)(C)C. The van der Waals surface area contributed by atoms with Crippen molar-refractivity contribution in [3.63, 3.8) is 0 Å². The van der Waals surface area contributed by atoms with Gasteiger partial charge in [0.05, 0.1) is 33.0 Å². The minimum atomic E-state index is -2.70. The maximum absolute atomic E-state index is 8.20. The molecular weight excluding hydrogens is 1520 g/mol. The molecule has 600 valence electrons. The molecule has 4 saturated heterocycles. The highest BCUT2D eigenvalue weighted by molar-refractivity contribution is 6.74. The van der Waals surface area contributed by atoms with Crippen molar-refractivity contribution in [2.75, 3.05) is 46.2 Å². The standard InChI is InChI=1S/C66H154O21Si14/c1-88(2,3)69-43-50-54(79-93(16,17)18)58(83-97(28,29)30)59(84-98(31,32)33)63(74-50)78-66(62(87-101(40,41)42)57(82-96(25,26)27)53(77-66)46-72-91(10,11)12)48-68-64(60(85-99(34,35)36)55(80-94(19,20)21)51(75-64)44-70-89(4,5)6)47-67-65(49-73-92(13,14)15)61(86-100(37,38)39)56(81-95(22,23)24)52(76-65)45-71-90(7,8)9/h50-63H,43-49H2,1-42H3/t50-,51+,52+,53+,54+,55+,56+,57-,58-,59?,60-,61-,62-,63+,64+,65+,66-/m0/s1. The Kier molecular flexibility index (Phi) is 32.6. The van der Waals surface area contributed by atoms with Crippen molar-refractivity contribution in [3.05, 3.63) is 0 Å². The van der Waals surface area contributed by atoms with Gasteiger partial charge in [-0.25, -0.2) is 0 Å². The van der Waals surface area contributed by atoms with Gasteiger partial charge in [0, 0.05) is 0 Å². The van der Waals surface area contributed by atoms with Crippen LogP contribution in [0, 0.1) is 0 Å². The molecule has 21 nitrogen and oxygen atoms in total. The van der Waals surface area contributed by atoms with Gasteiger partial charge in [0.1, 0.15) is 92.6 Å². The van der Waals surface area contributed by atoms with Crippen molar-refractivity contribution in [1.29, 1.82) is 0 Å². The predicted molar refractivity (Wildman–Crippen MR) is 445 cm³/mol. The average molecular weight is 1680 g/mol. The summed E-state index contributed by atoms with van der Waals surface area (Å²) >= 11 is 0. The monoisotopic (exact) mass is 1670 g/mol. The molecule has 0 amide bonds. The van der Waals surface area contributed by atoms with Crippen molar-refractivity contribution in [1.82, 2.24) is 0 Å². The zero-order chi connectivity index (χ0) is 78.4. The highest BCUT2D eigenvalue weighted by atomic mass is 28.4. The molecule has 0 aromatic heterocycles. The number of hydrogen-bond acceptors (Lipinski definition) is 21. The fraction of sp³-hybridized carbons (Fsp3) is 1.00. The Morgan fingerprint density at radius 2 is 0.446 bits per heavy atom. The molecule has 0 saturated carbocycles. The van der Waals surface area contributed by atoms with Gasteiger partial charge in [-0.2, -0.15) is 0 Å². The highest BCUT2D eigenvalue weighted by Gasteiger charge is 2.69. The molecule has 0 radical (unpaired) electrons. The van der Waals surface area contributed by atoms with Crippen LogP contribution in [-0.2, 0) is 95.1 Å². The Bertz CT molecular complexity index is 2550. The first-order valence-corrected chi connectivity index (χ1v) is 85.2. The van der Waals surface area contributed by atoms with Crippen LogP contribution in [-0.4, -0.2) is 266 Å². The lowest BCUT2D eigenvalue weighted by atomic mass is 9.98. The summed E-state index contributed by atoms with van der Waals surface area (Å²) < 4.78 is 158. The molecule has 0 spiro atoms. The third kappa shape index (κ3) is 33.8. The van der Waals surface area contributed by atoms with Crippen molar-refractivity contribution in [2.45, 2.75) is 378 Å². The van der Waals surface area contributed by atoms with E-state index in [0.717, 1.165) is 0 Å². The van der Waals surface area contributed by atoms with Crippen LogP contribution in [0.4, 0.5) is 0 Å². The molecule has 0 aromatic carbocycles. The lowest BCUT2D eigenvalue weighted by Gasteiger charge is -2.52. The summed E-state index contributed by atoms with van der Waals surface area (Å²) in [6, 6.07) is 0. The fourth-order valence-corrected chi connectivity index (χ4v) is 25.0. The van der Waals surface area contributed by atoms with Gasteiger partial charge < -0.3 is 95.1 Å². The summed E-state index contributed by atoms with van der Waals surface area (Å²) in [5, 5.41) is 0. The van der Waals surface area contributed by atoms with Crippen LogP contribution >= 0.6 is 0 Å². The Labute approximate surface area is 631 Å². The Hall–Kier alpha value is 2.20. The van der Waals surface area contributed by atoms with Crippen molar-refractivity contribution in [3.8, 4) is 0 Å². The molecule has 4 heterocycles. The molecule has 0 aromatic rings. The summed E-state index contributed by atoms with van der Waals surface area (Å²) in [6.45, 7) is 92.1. The van der Waals surface area contributed by atoms with Gasteiger partial charge in [-0.05, 0) is 275 Å². The summed E-state index contributed by atoms with van der Waals surface area (Å²) in [5.74, 6) is -5.45. The normalized spacial score (nSPS) is 32.4. The minimum absolute atomic E-state index is 0.000581. The van der Waals surface area contributed by atoms with Crippen LogP contribution in [0.5, 0.6) is 0 Å². The predicted octanol–water partition coefficient (Wildman–Crippen LogP) is 16.3. The van der Waals surface area contributed by atoms with E-state index >= 15 is 0 Å². The second-order valence-electron chi connectivity index (χ2n) is 42.4. The third-order valence-electron chi connectivity index (χ3n) is 15.1. The van der Waals surface area contributed by atoms with Crippen LogP contribution in [0.2, 0.25) is 275 Å². The second-order valence-corrected chi connectivity index (χ2v) is 105. The lowest BCUT2D eigenvalue weighted by molar-refractivity contribution is -0.400. The topological polar surface area (TPSA) is 194 Å². The van der Waals surface area contributed by atoms with Gasteiger partial charge in [-0.15, -0.1) is 0 Å². The van der Waals surface area contributed by atoms with Crippen LogP contribution < -0.4 is 0 Å². The number of ether oxygens (including phenoxy) is 7. The first kappa shape index (κ1) is 95.6. The number of hydrogen-bond donors (Lipinski definition) is 0. The summed E-state index contributed by atoms with van der Waals surface area (Å²) in [6.07, 6.45) is -11.0. The molecule has 0 bridgehead atoms. The van der Waals surface area contributed by atoms with E-state index in [0.29, 0.717) is 0 Å². The van der Waals surface area contributed by atoms with Crippen molar-refractivity contribution in [2.24, 2.45) is 0 Å². The fourth-order valence-electron chi connectivity index (χ4n) is 12.0. The zero-order valence-corrected chi connectivity index (χ0v) is 86.1. The van der Waals surface area contributed by atoms with E-state index in [1.165, 1.54) is 0 Å². The first-order valence-electron chi connectivity index (χ1n) is 37.5. The largest absolute Gasteiger partial charge is 0.415 e. The van der Waals surface area contributed by atoms with E-state index in [2.05, 4.69) is 275 Å². The van der Waals surface area contributed by atoms with E-state index in [9.17, 15) is 0 Å². The molecule has 17 atom stereocenters. The molecule has 4 fully saturated rings. The average Bonchev–Trinajstić information content (AvgIpc) is 1.55. The van der Waals surface area contributed by atoms with Crippen LogP contribution in [0.3, 0.4) is 0 Å². The van der Waals surface area contributed by atoms with Gasteiger partial charge in [0.15, 0.2) is 123 Å². The highest BCUT2D eigenvalue weighted by Crippen LogP contribution is 2.49. The molecule has 0 N–H and O–H groups in total. The molecule has 4 aliphatic heterocycles. The van der Waals surface area contributed by atoms with E-state index in [1.54, 1.807) is 0 Å². The molecule has 35 heteroatoms. The van der Waals surface area contributed by atoms with Crippen LogP contribution in [0.1, 0.15) is 0 Å². The maximum Gasteiger partial charge on any atom is 0.223 e. The van der Waals surface area contributed by atoms with Crippen molar-refractivity contribution < 1.29 is 95.1 Å². The maximum atomic E-state index is 8.20. The van der Waals surface area contributed by atoms with E-state index in [-0.39, 0.29) is 46.2 Å². The molecule has 4 aliphatic rings. The van der Waals surface area contributed by atoms with Crippen LogP contribution in [0.25, 0.3) is 0 Å². The Morgan fingerprint density at radius 1 is 0.218 bits per heavy atom. The molecule has 4 rings (SSSR count). The van der Waals surface area contributed by atoms with Crippen molar-refractivity contribution >= 4 is 116 Å². The zero-order valence-electron chi connectivity index (χ0n) is 72.1. The molecule has 1 unspecified atom stereocenters. The van der Waals surface area contributed by atoms with Gasteiger partial charge in [0.25, 0.3) is 0 Å².